The molecule has 6 aromatic rings. The molecule has 6 heterocycles. The Morgan fingerprint density at radius 2 is 1.12 bits per heavy atom. The number of aliphatic hydroxyl groups is 1. The van der Waals surface area contributed by atoms with Crippen LogP contribution in [-0.2, 0) is 107 Å². The van der Waals surface area contributed by atoms with Crippen molar-refractivity contribution in [2.24, 2.45) is 23.1 Å². The van der Waals surface area contributed by atoms with Crippen molar-refractivity contribution in [1.29, 1.82) is 5.41 Å². The first kappa shape index (κ1) is 103. The number of primary amides is 2. The zero-order valence-electron chi connectivity index (χ0n) is 75.1. The number of guanidine groups is 1. The lowest BCUT2D eigenvalue weighted by molar-refractivity contribution is -0.149. The highest BCUT2D eigenvalue weighted by molar-refractivity contribution is 8.00. The van der Waals surface area contributed by atoms with Crippen molar-refractivity contribution >= 4 is 151 Å². The molecule has 2 aliphatic heterocycles. The maximum Gasteiger partial charge on any atom is 0.246 e. The molecule has 0 aliphatic carbocycles. The molecule has 13 atom stereocenters. The number of amides is 17. The molecule has 2 saturated heterocycles. The fourth-order valence-corrected chi connectivity index (χ4v) is 17.1. The van der Waals surface area contributed by atoms with Gasteiger partial charge in [-0.05, 0) is 103 Å². The van der Waals surface area contributed by atoms with Gasteiger partial charge in [-0.1, -0.05) is 89.8 Å². The van der Waals surface area contributed by atoms with Crippen LogP contribution in [0.25, 0.3) is 21.8 Å². The third-order valence-corrected chi connectivity index (χ3v) is 24.6. The third-order valence-electron chi connectivity index (χ3n) is 22.9. The Morgan fingerprint density at radius 3 is 1.72 bits per heavy atom. The molecule has 0 spiro atoms. The summed E-state index contributed by atoms with van der Waals surface area (Å²) in [6.07, 6.45) is 6.07. The monoisotopic (exact) mass is 1860 g/mol. The van der Waals surface area contributed by atoms with Crippen molar-refractivity contribution in [2.75, 3.05) is 72.5 Å². The van der Waals surface area contributed by atoms with Crippen LogP contribution in [0.3, 0.4) is 0 Å². The fraction of sp³-hybridized carbons (Fsp3) is 0.529. The lowest BCUT2D eigenvalue weighted by atomic mass is 10.00. The summed E-state index contributed by atoms with van der Waals surface area (Å²) in [5, 5.41) is 52.8. The van der Waals surface area contributed by atoms with E-state index in [1.54, 1.807) is 91.6 Å². The van der Waals surface area contributed by atoms with E-state index in [2.05, 4.69) is 78.4 Å². The Balaban J connectivity index is 1.18. The molecule has 2 aliphatic rings. The predicted octanol–water partition coefficient (Wildman–Crippen LogP) is -2.08. The zero-order valence-corrected chi connectivity index (χ0v) is 76.8. The van der Waals surface area contributed by atoms with E-state index in [4.69, 9.17) is 22.6 Å². The first-order chi connectivity index (χ1) is 62.4. The smallest absolute Gasteiger partial charge is 0.246 e. The van der Waals surface area contributed by atoms with Gasteiger partial charge in [-0.2, -0.15) is 11.3 Å². The van der Waals surface area contributed by atoms with Crippen LogP contribution in [0.1, 0.15) is 134 Å². The number of fused-ring (bicyclic) bond motifs is 3. The quantitative estimate of drug-likeness (QED) is 0.0157. The van der Waals surface area contributed by atoms with E-state index in [0.29, 0.717) is 69.9 Å². The number of imidazole rings is 1. The second-order valence-corrected chi connectivity index (χ2v) is 35.1. The molecular formula is C87H124N24O18S2. The number of benzene rings is 2. The predicted molar refractivity (Wildman–Crippen MR) is 487 cm³/mol. The van der Waals surface area contributed by atoms with Crippen molar-refractivity contribution in [3.8, 4) is 0 Å². The standard InChI is InChI=1S/C87H124N24O18S2/c1-10-12-25-67-80(123)100-58(24-18-29-93-87(90)91)76(119)106-66(75(118)96-41-71(89)114)45-131-46-73(116)99-62(33-50-28-31-130-44-50)83(126)108(7)49(5)74(117)102-64(37-70(88)113)85(128)111-30-19-27-68(111)81(124)101-60(36-53-40-92-47-97-53)78(121)103-61(32-48(3)4)82(125)107(6)42-72(115)98-59(34-51-38-94-56-22-16-14-20-54(51)56)77(120)105-65(43-112)79(122)104-63(35-52-39-95-57-23-17-15-21-55(52)57)84(127)110(9)69(26-13-11-2)86(129)109(67)8/h14-17,20-23,28,31,38-40,44,47-49,58-69,94-95,112H,10-13,18-19,24-27,29-30,32-37,41-43,45-46H2,1-9H3,(H2,88,113)(H2,89,114)(H,92,97)(H,96,118)(H,98,115)(H,99,116)(H,100,123)(H,101,124)(H,102,117)(H,103,121)(H,104,122)(H,105,120)(H,106,119)(H4,90,91,93)/t49-,58-,59-,60-,61-,62-,63-,64-,65-,66?,67-,68-,69-/m0/s1. The van der Waals surface area contributed by atoms with E-state index >= 15 is 24.0 Å². The van der Waals surface area contributed by atoms with Gasteiger partial charge in [0.25, 0.3) is 0 Å². The summed E-state index contributed by atoms with van der Waals surface area (Å²) >= 11 is 2.09. The number of hydrogen-bond acceptors (Lipinski definition) is 22. The number of thioether (sulfide) groups is 1. The van der Waals surface area contributed by atoms with Crippen LogP contribution in [0.5, 0.6) is 0 Å². The Kier molecular flexibility index (Phi) is 39.7. The number of aromatic amines is 3. The Morgan fingerprint density at radius 1 is 0.565 bits per heavy atom. The molecule has 2 fully saturated rings. The molecule has 2 aromatic carbocycles. The minimum absolute atomic E-state index is 0.00110. The number of carbonyl (C=O) groups excluding carboxylic acids is 17. The summed E-state index contributed by atoms with van der Waals surface area (Å²) in [5.41, 5.74) is 20.1. The lowest BCUT2D eigenvalue weighted by Gasteiger charge is -2.36. The number of nitrogens with one attached hydrogen (secondary N) is 15. The molecule has 0 bridgehead atoms. The Bertz CT molecular complexity index is 5010. The number of hydrogen-bond donors (Lipinski definition) is 19. The number of thiophene rings is 1. The largest absolute Gasteiger partial charge is 0.394 e. The summed E-state index contributed by atoms with van der Waals surface area (Å²) in [6, 6.07) is -3.77. The topological polar surface area (TPSA) is 621 Å². The van der Waals surface area contributed by atoms with Crippen LogP contribution in [-0.4, -0.2) is 307 Å². The van der Waals surface area contributed by atoms with Gasteiger partial charge < -0.3 is 120 Å². The Hall–Kier alpha value is -13.0. The van der Waals surface area contributed by atoms with Crippen LogP contribution < -0.4 is 75.7 Å². The molecule has 1 unspecified atom stereocenters. The van der Waals surface area contributed by atoms with E-state index in [1.807, 2.05) is 13.8 Å². The maximum atomic E-state index is 15.7. The number of rotatable bonds is 26. The van der Waals surface area contributed by atoms with E-state index in [9.17, 15) is 62.6 Å². The number of aliphatic hydroxyl groups excluding tert-OH is 1. The summed E-state index contributed by atoms with van der Waals surface area (Å²) in [5.74, 6) is -17.1. The fourth-order valence-electron chi connectivity index (χ4n) is 15.6. The highest BCUT2D eigenvalue weighted by Gasteiger charge is 2.44. The number of nitrogens with two attached hydrogens (primary N) is 3. The molecule has 712 valence electrons. The van der Waals surface area contributed by atoms with Gasteiger partial charge >= 0.3 is 0 Å². The van der Waals surface area contributed by atoms with Crippen molar-refractivity contribution in [2.45, 2.75) is 216 Å². The third kappa shape index (κ3) is 30.0. The molecule has 8 rings (SSSR count). The number of para-hydroxylation sites is 2. The molecule has 0 radical (unpaired) electrons. The van der Waals surface area contributed by atoms with Gasteiger partial charge in [0, 0.05) is 119 Å². The SMILES string of the molecule is CCCC[C@H]1C(=O)N(C)[C@@H](CCCC)C(=O)N[C@@H](CCCNC(=N)N)C(=O)NC(C(=O)NCC(N)=O)CSCC(=O)N[C@@H](Cc2ccsc2)C(=O)N(C)[C@@H](C)C(=O)N[C@@H](CC(N)=O)C(=O)N2CCC[C@H]2C(=O)N[C@@H](Cc2cnc[nH]2)C(=O)N[C@@H](CC(C)C)C(=O)N(C)CC(=O)N[C@@H](Cc2c[nH]c3ccccc23)C(=O)N[C@@H](CO)C(=O)N[C@@H](Cc2c[nH]c3ccccc23)C(=O)N1C. The van der Waals surface area contributed by atoms with Gasteiger partial charge in [-0.15, -0.1) is 11.8 Å². The van der Waals surface area contributed by atoms with Crippen molar-refractivity contribution in [3.05, 3.63) is 113 Å². The van der Waals surface area contributed by atoms with Gasteiger partial charge in [-0.3, -0.25) is 86.9 Å². The molecule has 22 N–H and O–H groups in total. The number of nitrogens with zero attached hydrogens (tertiary/aromatic N) is 6. The molecule has 42 nitrogen and oxygen atoms in total. The van der Waals surface area contributed by atoms with Crippen molar-refractivity contribution < 1.29 is 86.6 Å². The van der Waals surface area contributed by atoms with Crippen LogP contribution in [0.15, 0.2) is 90.3 Å². The molecule has 0 saturated carbocycles. The minimum atomic E-state index is -1.85. The normalized spacial score (nSPS) is 23.6. The molecule has 4 aromatic heterocycles. The number of likely N-dealkylation sites (N-methyl/N-ethyl adjacent to an activating group) is 4. The first-order valence-corrected chi connectivity index (χ1v) is 45.8. The van der Waals surface area contributed by atoms with Gasteiger partial charge in [0.2, 0.25) is 100 Å². The van der Waals surface area contributed by atoms with E-state index in [-0.39, 0.29) is 89.6 Å². The lowest BCUT2D eigenvalue weighted by Crippen LogP contribution is -2.61. The zero-order chi connectivity index (χ0) is 95.9. The molecule has 17 amide bonds. The Labute approximate surface area is 766 Å². The summed E-state index contributed by atoms with van der Waals surface area (Å²) < 4.78 is 0. The van der Waals surface area contributed by atoms with E-state index < -0.39 is 223 Å². The van der Waals surface area contributed by atoms with Crippen LogP contribution in [0.2, 0.25) is 0 Å². The van der Waals surface area contributed by atoms with E-state index in [0.717, 1.165) is 36.3 Å². The average Bonchev–Trinajstić information content (AvgIpc) is 1.77. The number of unbranched alkanes of at least 4 members (excludes halogenated alkanes) is 2. The highest BCUT2D eigenvalue weighted by atomic mass is 32.2. The first-order valence-electron chi connectivity index (χ1n) is 43.7. The summed E-state index contributed by atoms with van der Waals surface area (Å²) in [6.45, 7) is 5.94. The number of carbonyl (C=O) groups is 17. The minimum Gasteiger partial charge on any atom is -0.394 e. The van der Waals surface area contributed by atoms with Crippen LogP contribution in [0.4, 0.5) is 0 Å². The highest BCUT2D eigenvalue weighted by Crippen LogP contribution is 2.26. The van der Waals surface area contributed by atoms with Crippen LogP contribution >= 0.6 is 23.1 Å². The number of aromatic nitrogens is 4. The second kappa shape index (κ2) is 50.3. The summed E-state index contributed by atoms with van der Waals surface area (Å²) in [4.78, 5) is 267. The van der Waals surface area contributed by atoms with Crippen molar-refractivity contribution in [1.82, 2.24) is 103 Å². The van der Waals surface area contributed by atoms with Gasteiger partial charge in [0.1, 0.15) is 78.5 Å². The van der Waals surface area contributed by atoms with Gasteiger partial charge in [-0.25, -0.2) is 4.98 Å². The van der Waals surface area contributed by atoms with E-state index in [1.165, 1.54) is 59.0 Å². The maximum absolute atomic E-state index is 15.7. The number of H-pyrrole nitrogens is 3. The van der Waals surface area contributed by atoms with Crippen LogP contribution in [0, 0.1) is 11.3 Å². The molecular weight excluding hydrogens is 1730 g/mol. The van der Waals surface area contributed by atoms with Crippen molar-refractivity contribution in [3.63, 3.8) is 0 Å². The average molecular weight is 1860 g/mol. The second-order valence-electron chi connectivity index (χ2n) is 33.3. The molecule has 131 heavy (non-hydrogen) atoms. The molecule has 44 heteroatoms. The van der Waals surface area contributed by atoms with Gasteiger partial charge in [0.15, 0.2) is 5.96 Å². The van der Waals surface area contributed by atoms with Gasteiger partial charge in [0.05, 0.1) is 38.2 Å². The summed E-state index contributed by atoms with van der Waals surface area (Å²) in [7, 11) is 5.25.